The third kappa shape index (κ3) is 3.29. The molecule has 2 aromatic rings. The van der Waals surface area contributed by atoms with Crippen molar-refractivity contribution in [1.82, 2.24) is 4.90 Å². The van der Waals surface area contributed by atoms with Gasteiger partial charge in [-0.2, -0.15) is 5.26 Å². The number of hydrogen-bond donors (Lipinski definition) is 0. The molecular formula is C20H20N2O3. The Morgan fingerprint density at radius 1 is 1.20 bits per heavy atom. The summed E-state index contributed by atoms with van der Waals surface area (Å²) in [6, 6.07) is 14.5. The molecule has 0 saturated carbocycles. The Labute approximate surface area is 147 Å². The molecule has 128 valence electrons. The lowest BCUT2D eigenvalue weighted by molar-refractivity contribution is 0.0734. The lowest BCUT2D eigenvalue weighted by Crippen LogP contribution is -2.30. The van der Waals surface area contributed by atoms with Gasteiger partial charge >= 0.3 is 0 Å². The molecule has 1 fully saturated rings. The summed E-state index contributed by atoms with van der Waals surface area (Å²) in [6.45, 7) is 0.681. The summed E-state index contributed by atoms with van der Waals surface area (Å²) >= 11 is 0. The van der Waals surface area contributed by atoms with E-state index in [1.54, 1.807) is 38.5 Å². The topological polar surface area (TPSA) is 62.6 Å². The zero-order valence-electron chi connectivity index (χ0n) is 14.4. The van der Waals surface area contributed by atoms with E-state index in [2.05, 4.69) is 6.07 Å². The monoisotopic (exact) mass is 336 g/mol. The van der Waals surface area contributed by atoms with Crippen LogP contribution < -0.4 is 9.47 Å². The fourth-order valence-corrected chi connectivity index (χ4v) is 3.32. The molecule has 1 atom stereocenters. The van der Waals surface area contributed by atoms with Crippen LogP contribution in [0.1, 0.15) is 40.4 Å². The van der Waals surface area contributed by atoms with Crippen LogP contribution in [0.3, 0.4) is 0 Å². The van der Waals surface area contributed by atoms with Gasteiger partial charge < -0.3 is 14.4 Å². The van der Waals surface area contributed by atoms with Crippen molar-refractivity contribution in [2.45, 2.75) is 18.9 Å². The largest absolute Gasteiger partial charge is 0.497 e. The molecule has 1 heterocycles. The molecule has 0 spiro atoms. The fourth-order valence-electron chi connectivity index (χ4n) is 3.32. The van der Waals surface area contributed by atoms with Gasteiger partial charge in [0.25, 0.3) is 5.91 Å². The second-order valence-corrected chi connectivity index (χ2v) is 5.96. The minimum absolute atomic E-state index is 0.0653. The molecule has 0 unspecified atom stereocenters. The Balaban J connectivity index is 1.95. The first-order valence-corrected chi connectivity index (χ1v) is 8.21. The molecule has 0 N–H and O–H groups in total. The Morgan fingerprint density at radius 3 is 2.76 bits per heavy atom. The van der Waals surface area contributed by atoms with Gasteiger partial charge in [0.1, 0.15) is 11.5 Å². The molecule has 1 aliphatic heterocycles. The quantitative estimate of drug-likeness (QED) is 0.856. The molecule has 0 aromatic heterocycles. The summed E-state index contributed by atoms with van der Waals surface area (Å²) in [5.41, 5.74) is 1.97. The van der Waals surface area contributed by atoms with Crippen LogP contribution in [0.5, 0.6) is 11.5 Å². The van der Waals surface area contributed by atoms with Gasteiger partial charge in [-0.05, 0) is 49.2 Å². The summed E-state index contributed by atoms with van der Waals surface area (Å²) in [6.07, 6.45) is 1.79. The zero-order valence-corrected chi connectivity index (χ0v) is 14.4. The van der Waals surface area contributed by atoms with Crippen molar-refractivity contribution in [3.8, 4) is 17.6 Å². The van der Waals surface area contributed by atoms with Crippen LogP contribution in [0.15, 0.2) is 42.5 Å². The minimum Gasteiger partial charge on any atom is -0.497 e. The Hall–Kier alpha value is -3.00. The summed E-state index contributed by atoms with van der Waals surface area (Å²) in [7, 11) is 3.25. The number of nitriles is 1. The van der Waals surface area contributed by atoms with Crippen molar-refractivity contribution in [2.24, 2.45) is 0 Å². The Bertz CT molecular complexity index is 826. The number of likely N-dealkylation sites (tertiary alicyclic amines) is 1. The van der Waals surface area contributed by atoms with E-state index in [-0.39, 0.29) is 11.9 Å². The van der Waals surface area contributed by atoms with Crippen molar-refractivity contribution in [2.75, 3.05) is 20.8 Å². The SMILES string of the molecule is COc1ccc(OC)c([C@H]2CCCN2C(=O)c2cccc(C#N)c2)c1. The molecule has 1 saturated heterocycles. The van der Waals surface area contributed by atoms with Crippen LogP contribution in [0, 0.1) is 11.3 Å². The summed E-state index contributed by atoms with van der Waals surface area (Å²) in [5.74, 6) is 1.42. The van der Waals surface area contributed by atoms with Gasteiger partial charge in [0.2, 0.25) is 0 Å². The number of methoxy groups -OCH3 is 2. The summed E-state index contributed by atoms with van der Waals surface area (Å²) in [4.78, 5) is 14.9. The lowest BCUT2D eigenvalue weighted by Gasteiger charge is -2.27. The molecule has 3 rings (SSSR count). The third-order valence-corrected chi connectivity index (χ3v) is 4.55. The third-order valence-electron chi connectivity index (χ3n) is 4.55. The molecule has 5 nitrogen and oxygen atoms in total. The number of hydrogen-bond acceptors (Lipinski definition) is 4. The smallest absolute Gasteiger partial charge is 0.254 e. The van der Waals surface area contributed by atoms with Gasteiger partial charge in [-0.3, -0.25) is 4.79 Å². The normalized spacial score (nSPS) is 16.4. The first kappa shape index (κ1) is 16.8. The molecular weight excluding hydrogens is 316 g/mol. The number of benzene rings is 2. The van der Waals surface area contributed by atoms with Gasteiger partial charge in [0, 0.05) is 17.7 Å². The maximum atomic E-state index is 13.0. The zero-order chi connectivity index (χ0) is 17.8. The van der Waals surface area contributed by atoms with E-state index in [1.165, 1.54) is 0 Å². The predicted molar refractivity (Wildman–Crippen MR) is 93.7 cm³/mol. The maximum absolute atomic E-state index is 13.0. The van der Waals surface area contributed by atoms with Crippen LogP contribution in [0.4, 0.5) is 0 Å². The van der Waals surface area contributed by atoms with Crippen molar-refractivity contribution in [1.29, 1.82) is 5.26 Å². The van der Waals surface area contributed by atoms with Crippen molar-refractivity contribution < 1.29 is 14.3 Å². The molecule has 25 heavy (non-hydrogen) atoms. The van der Waals surface area contributed by atoms with E-state index < -0.39 is 0 Å². The van der Waals surface area contributed by atoms with Gasteiger partial charge in [0.15, 0.2) is 0 Å². The van der Waals surface area contributed by atoms with E-state index in [0.717, 1.165) is 29.9 Å². The maximum Gasteiger partial charge on any atom is 0.254 e. The van der Waals surface area contributed by atoms with Gasteiger partial charge in [-0.1, -0.05) is 6.07 Å². The van der Waals surface area contributed by atoms with E-state index >= 15 is 0 Å². The molecule has 1 aliphatic rings. The van der Waals surface area contributed by atoms with Crippen LogP contribution in [0.25, 0.3) is 0 Å². The average molecular weight is 336 g/mol. The number of ether oxygens (including phenoxy) is 2. The first-order chi connectivity index (χ1) is 12.2. The predicted octanol–water partition coefficient (Wildman–Crippen LogP) is 3.55. The van der Waals surface area contributed by atoms with Crippen molar-refractivity contribution in [3.63, 3.8) is 0 Å². The van der Waals surface area contributed by atoms with E-state index in [1.807, 2.05) is 23.1 Å². The van der Waals surface area contributed by atoms with Gasteiger partial charge in [-0.15, -0.1) is 0 Å². The standard InChI is InChI=1S/C20H20N2O3/c1-24-16-8-9-19(25-2)17(12-16)18-7-4-10-22(18)20(23)15-6-3-5-14(11-15)13-21/h3,5-6,8-9,11-12,18H,4,7,10H2,1-2H3/t18-/m1/s1. The second kappa shape index (κ2) is 7.27. The van der Waals surface area contributed by atoms with E-state index in [4.69, 9.17) is 14.7 Å². The van der Waals surface area contributed by atoms with Crippen molar-refractivity contribution in [3.05, 3.63) is 59.2 Å². The summed E-state index contributed by atoms with van der Waals surface area (Å²) < 4.78 is 10.8. The molecule has 2 aromatic carbocycles. The second-order valence-electron chi connectivity index (χ2n) is 5.96. The number of rotatable bonds is 4. The Kier molecular flexibility index (Phi) is 4.90. The number of amides is 1. The fraction of sp³-hybridized carbons (Fsp3) is 0.300. The van der Waals surface area contributed by atoms with Gasteiger partial charge in [0.05, 0.1) is 31.9 Å². The molecule has 0 aliphatic carbocycles. The summed E-state index contributed by atoms with van der Waals surface area (Å²) in [5, 5.41) is 9.06. The van der Waals surface area contributed by atoms with Crippen molar-refractivity contribution >= 4 is 5.91 Å². The number of nitrogens with zero attached hydrogens (tertiary/aromatic N) is 2. The number of carbonyl (C=O) groups excluding carboxylic acids is 1. The highest BCUT2D eigenvalue weighted by Gasteiger charge is 2.32. The Morgan fingerprint density at radius 2 is 2.04 bits per heavy atom. The molecule has 0 bridgehead atoms. The highest BCUT2D eigenvalue weighted by molar-refractivity contribution is 5.95. The molecule has 0 radical (unpaired) electrons. The highest BCUT2D eigenvalue weighted by atomic mass is 16.5. The molecule has 5 heteroatoms. The van der Waals surface area contributed by atoms with Crippen LogP contribution in [-0.4, -0.2) is 31.6 Å². The van der Waals surface area contributed by atoms with Crippen LogP contribution in [0.2, 0.25) is 0 Å². The first-order valence-electron chi connectivity index (χ1n) is 8.21. The lowest BCUT2D eigenvalue weighted by atomic mass is 10.0. The van der Waals surface area contributed by atoms with Crippen LogP contribution >= 0.6 is 0 Å². The highest BCUT2D eigenvalue weighted by Crippen LogP contribution is 2.39. The van der Waals surface area contributed by atoms with E-state index in [0.29, 0.717) is 17.7 Å². The van der Waals surface area contributed by atoms with Crippen LogP contribution in [-0.2, 0) is 0 Å². The average Bonchev–Trinajstić information content (AvgIpc) is 3.16. The van der Waals surface area contributed by atoms with Gasteiger partial charge in [-0.25, -0.2) is 0 Å². The van der Waals surface area contributed by atoms with E-state index in [9.17, 15) is 4.79 Å². The molecule has 1 amide bonds. The number of carbonyl (C=O) groups is 1. The minimum atomic E-state index is -0.0664.